The molecule has 4 nitrogen and oxygen atoms in total. The number of rotatable bonds is 3. The van der Waals surface area contributed by atoms with Gasteiger partial charge in [-0.3, -0.25) is 0 Å². The van der Waals surface area contributed by atoms with Gasteiger partial charge >= 0.3 is 0 Å². The molecule has 0 aliphatic carbocycles. The summed E-state index contributed by atoms with van der Waals surface area (Å²) in [6, 6.07) is 5.81. The van der Waals surface area contributed by atoms with E-state index < -0.39 is 0 Å². The van der Waals surface area contributed by atoms with E-state index in [1.165, 1.54) is 4.88 Å². The van der Waals surface area contributed by atoms with Crippen molar-refractivity contribution in [2.75, 3.05) is 16.8 Å². The molecule has 0 saturated heterocycles. The van der Waals surface area contributed by atoms with Gasteiger partial charge in [0.25, 0.3) is 0 Å². The van der Waals surface area contributed by atoms with Crippen molar-refractivity contribution < 1.29 is 0 Å². The molecule has 1 unspecified atom stereocenters. The third-order valence-corrected chi connectivity index (χ3v) is 4.06. The molecule has 5 heteroatoms. The molecular formula is C13H18N4S. The molecule has 0 aliphatic heterocycles. The minimum Gasteiger partial charge on any atom is -0.397 e. The Bertz CT molecular complexity index is 562. The monoisotopic (exact) mass is 262 g/mol. The summed E-state index contributed by atoms with van der Waals surface area (Å²) in [5, 5.41) is 4.51. The minimum atomic E-state index is 0.208. The zero-order valence-electron chi connectivity index (χ0n) is 10.8. The molecule has 0 aliphatic rings. The molecule has 18 heavy (non-hydrogen) atoms. The second-order valence-electron chi connectivity index (χ2n) is 4.39. The van der Waals surface area contributed by atoms with Crippen molar-refractivity contribution in [3.8, 4) is 0 Å². The van der Waals surface area contributed by atoms with Crippen LogP contribution < -0.4 is 16.8 Å². The van der Waals surface area contributed by atoms with Gasteiger partial charge < -0.3 is 16.8 Å². The smallest absolute Gasteiger partial charge is 0.0900 e. The normalized spacial score (nSPS) is 12.4. The molecule has 1 atom stereocenters. The van der Waals surface area contributed by atoms with Crippen LogP contribution in [0.15, 0.2) is 18.2 Å². The number of nitrogens with one attached hydrogen (secondary N) is 1. The molecule has 1 heterocycles. The summed E-state index contributed by atoms with van der Waals surface area (Å²) in [5.74, 6) is 0. The quantitative estimate of drug-likeness (QED) is 0.743. The molecule has 0 spiro atoms. The van der Waals surface area contributed by atoms with Gasteiger partial charge in [0.15, 0.2) is 0 Å². The zero-order chi connectivity index (χ0) is 13.3. The summed E-state index contributed by atoms with van der Waals surface area (Å²) >= 11 is 1.72. The van der Waals surface area contributed by atoms with Gasteiger partial charge in [-0.15, -0.1) is 11.3 Å². The second-order valence-corrected chi connectivity index (χ2v) is 5.63. The Balaban J connectivity index is 2.18. The van der Waals surface area contributed by atoms with E-state index in [1.807, 2.05) is 32.0 Å². The van der Waals surface area contributed by atoms with Crippen LogP contribution in [0.5, 0.6) is 0 Å². The van der Waals surface area contributed by atoms with Crippen LogP contribution >= 0.6 is 11.3 Å². The minimum absolute atomic E-state index is 0.208. The molecule has 96 valence electrons. The lowest BCUT2D eigenvalue weighted by atomic mass is 10.2. The third-order valence-electron chi connectivity index (χ3n) is 2.80. The molecule has 1 aromatic carbocycles. The molecule has 0 fully saturated rings. The molecule has 0 saturated carbocycles. The number of aryl methyl sites for hydroxylation is 2. The summed E-state index contributed by atoms with van der Waals surface area (Å²) in [6.45, 7) is 6.18. The van der Waals surface area contributed by atoms with Crippen molar-refractivity contribution >= 4 is 28.4 Å². The highest BCUT2D eigenvalue weighted by Crippen LogP contribution is 2.28. The van der Waals surface area contributed by atoms with Crippen LogP contribution in [0.1, 0.15) is 28.5 Å². The lowest BCUT2D eigenvalue weighted by Gasteiger charge is -2.15. The Labute approximate surface area is 111 Å². The number of benzene rings is 1. The summed E-state index contributed by atoms with van der Waals surface area (Å²) in [5.41, 5.74) is 14.8. The standard InChI is InChI=1S/C13H18N4S/c1-7-13(18-9(3)16-7)8(2)17-10-4-5-11(14)12(15)6-10/h4-6,8,17H,14-15H2,1-3H3. The maximum Gasteiger partial charge on any atom is 0.0900 e. The molecule has 2 aromatic rings. The fourth-order valence-corrected chi connectivity index (χ4v) is 2.86. The number of hydrogen-bond acceptors (Lipinski definition) is 5. The third kappa shape index (κ3) is 2.56. The summed E-state index contributed by atoms with van der Waals surface area (Å²) in [6.07, 6.45) is 0. The van der Waals surface area contributed by atoms with Crippen LogP contribution in [-0.2, 0) is 0 Å². The predicted molar refractivity (Wildman–Crippen MR) is 78.9 cm³/mol. The average Bonchev–Trinajstić information content (AvgIpc) is 2.63. The van der Waals surface area contributed by atoms with Crippen LogP contribution in [0.2, 0.25) is 0 Å². The van der Waals surface area contributed by atoms with Gasteiger partial charge in [0.1, 0.15) is 0 Å². The van der Waals surface area contributed by atoms with Gasteiger partial charge in [-0.25, -0.2) is 4.98 Å². The van der Waals surface area contributed by atoms with Crippen LogP contribution in [-0.4, -0.2) is 4.98 Å². The van der Waals surface area contributed by atoms with Gasteiger partial charge in [0.05, 0.1) is 28.1 Å². The number of nitrogen functional groups attached to an aromatic ring is 2. The van der Waals surface area contributed by atoms with Crippen LogP contribution in [0.4, 0.5) is 17.1 Å². The average molecular weight is 262 g/mol. The molecule has 0 bridgehead atoms. The Morgan fingerprint density at radius 1 is 1.22 bits per heavy atom. The largest absolute Gasteiger partial charge is 0.397 e. The molecule has 1 aromatic heterocycles. The zero-order valence-corrected chi connectivity index (χ0v) is 11.6. The first-order valence-corrected chi connectivity index (χ1v) is 6.64. The SMILES string of the molecule is Cc1nc(C)c(C(C)Nc2ccc(N)c(N)c2)s1. The fourth-order valence-electron chi connectivity index (χ4n) is 1.93. The first-order valence-electron chi connectivity index (χ1n) is 5.83. The highest BCUT2D eigenvalue weighted by molar-refractivity contribution is 7.11. The van der Waals surface area contributed by atoms with Crippen molar-refractivity contribution in [3.05, 3.63) is 33.8 Å². The first kappa shape index (κ1) is 12.7. The highest BCUT2D eigenvalue weighted by Gasteiger charge is 2.12. The Kier molecular flexibility index (Phi) is 3.43. The van der Waals surface area contributed by atoms with Crippen molar-refractivity contribution in [1.82, 2.24) is 4.98 Å². The Morgan fingerprint density at radius 3 is 2.50 bits per heavy atom. The lowest BCUT2D eigenvalue weighted by molar-refractivity contribution is 0.890. The molecular weight excluding hydrogens is 244 g/mol. The van der Waals surface area contributed by atoms with Gasteiger partial charge in [-0.05, 0) is 39.0 Å². The van der Waals surface area contributed by atoms with E-state index in [0.717, 1.165) is 16.4 Å². The fraction of sp³-hybridized carbons (Fsp3) is 0.308. The van der Waals surface area contributed by atoms with Gasteiger partial charge in [-0.2, -0.15) is 0 Å². The Morgan fingerprint density at radius 2 is 1.94 bits per heavy atom. The lowest BCUT2D eigenvalue weighted by Crippen LogP contribution is -2.07. The van der Waals surface area contributed by atoms with E-state index in [-0.39, 0.29) is 6.04 Å². The number of thiazole rings is 1. The topological polar surface area (TPSA) is 77.0 Å². The van der Waals surface area contributed by atoms with Crippen LogP contribution in [0.25, 0.3) is 0 Å². The first-order chi connectivity index (χ1) is 8.47. The highest BCUT2D eigenvalue weighted by atomic mass is 32.1. The van der Waals surface area contributed by atoms with Gasteiger partial charge in [-0.1, -0.05) is 0 Å². The maximum atomic E-state index is 5.79. The van der Waals surface area contributed by atoms with Gasteiger partial charge in [0, 0.05) is 10.6 Å². The number of anilines is 3. The number of nitrogens with two attached hydrogens (primary N) is 2. The summed E-state index contributed by atoms with van der Waals surface area (Å²) < 4.78 is 0. The van der Waals surface area contributed by atoms with E-state index >= 15 is 0 Å². The Hall–Kier alpha value is -1.75. The summed E-state index contributed by atoms with van der Waals surface area (Å²) in [4.78, 5) is 5.69. The van der Waals surface area contributed by atoms with Crippen LogP contribution in [0.3, 0.4) is 0 Å². The van der Waals surface area contributed by atoms with E-state index in [0.29, 0.717) is 11.4 Å². The predicted octanol–water partition coefficient (Wildman–Crippen LogP) is 3.10. The van der Waals surface area contributed by atoms with Crippen molar-refractivity contribution in [1.29, 1.82) is 0 Å². The molecule has 0 amide bonds. The van der Waals surface area contributed by atoms with E-state index in [9.17, 15) is 0 Å². The maximum absolute atomic E-state index is 5.79. The second kappa shape index (κ2) is 4.86. The van der Waals surface area contributed by atoms with Gasteiger partial charge in [0.2, 0.25) is 0 Å². The number of hydrogen-bond donors (Lipinski definition) is 3. The summed E-state index contributed by atoms with van der Waals surface area (Å²) in [7, 11) is 0. The van der Waals surface area contributed by atoms with Crippen LogP contribution in [0, 0.1) is 13.8 Å². The number of nitrogens with zero attached hydrogens (tertiary/aromatic N) is 1. The van der Waals surface area contributed by atoms with E-state index in [2.05, 4.69) is 17.2 Å². The van der Waals surface area contributed by atoms with Crippen molar-refractivity contribution in [2.45, 2.75) is 26.8 Å². The molecule has 2 rings (SSSR count). The number of aromatic nitrogens is 1. The molecule has 5 N–H and O–H groups in total. The van der Waals surface area contributed by atoms with Crippen molar-refractivity contribution in [2.24, 2.45) is 0 Å². The van der Waals surface area contributed by atoms with E-state index in [4.69, 9.17) is 11.5 Å². The van der Waals surface area contributed by atoms with Crippen molar-refractivity contribution in [3.63, 3.8) is 0 Å². The molecule has 0 radical (unpaired) electrons. The van der Waals surface area contributed by atoms with E-state index in [1.54, 1.807) is 11.3 Å².